The second-order valence-electron chi connectivity index (χ2n) is 5.47. The number of nitrogens with one attached hydrogen (secondary N) is 1. The molecule has 0 aliphatic carbocycles. The van der Waals surface area contributed by atoms with E-state index in [-0.39, 0.29) is 0 Å². The molecule has 0 spiro atoms. The lowest BCUT2D eigenvalue weighted by molar-refractivity contribution is 0.444. The second-order valence-corrected chi connectivity index (χ2v) is 6.38. The molecule has 0 amide bonds. The van der Waals surface area contributed by atoms with Crippen LogP contribution >= 0.6 is 15.9 Å². The zero-order valence-electron chi connectivity index (χ0n) is 12.0. The fourth-order valence-electron chi connectivity index (χ4n) is 2.59. The average Bonchev–Trinajstić information content (AvgIpc) is 2.47. The van der Waals surface area contributed by atoms with Gasteiger partial charge in [-0.2, -0.15) is 10.1 Å². The lowest BCUT2D eigenvalue weighted by atomic mass is 10.0. The first-order chi connectivity index (χ1) is 10.2. The highest BCUT2D eigenvalue weighted by molar-refractivity contribution is 9.10. The molecule has 1 aliphatic rings. The third-order valence-electron chi connectivity index (χ3n) is 3.61. The van der Waals surface area contributed by atoms with Crippen molar-refractivity contribution in [1.29, 1.82) is 0 Å². The van der Waals surface area contributed by atoms with E-state index in [0.717, 1.165) is 29.1 Å². The van der Waals surface area contributed by atoms with Gasteiger partial charge in [0.2, 0.25) is 5.95 Å². The molecule has 1 N–H and O–H groups in total. The zero-order valence-corrected chi connectivity index (χ0v) is 13.5. The molecule has 21 heavy (non-hydrogen) atoms. The predicted octanol–water partition coefficient (Wildman–Crippen LogP) is 3.61. The maximum Gasteiger partial charge on any atom is 0.249 e. The molecular formula is C15H18BrN5. The summed E-state index contributed by atoms with van der Waals surface area (Å²) in [5.74, 6) is 2.13. The molecule has 1 unspecified atom stereocenters. The number of aromatic nitrogens is 3. The van der Waals surface area contributed by atoms with Crippen LogP contribution in [0.3, 0.4) is 0 Å². The minimum Gasteiger partial charge on any atom is -0.355 e. The summed E-state index contributed by atoms with van der Waals surface area (Å²) in [7, 11) is 0. The van der Waals surface area contributed by atoms with Gasteiger partial charge in [-0.05, 0) is 37.0 Å². The molecule has 2 heterocycles. The molecule has 0 saturated carbocycles. The van der Waals surface area contributed by atoms with Crippen molar-refractivity contribution in [2.24, 2.45) is 5.92 Å². The summed E-state index contributed by atoms with van der Waals surface area (Å²) in [6, 6.07) is 7.91. The summed E-state index contributed by atoms with van der Waals surface area (Å²) in [4.78, 5) is 6.87. The van der Waals surface area contributed by atoms with Gasteiger partial charge in [-0.25, -0.2) is 0 Å². The van der Waals surface area contributed by atoms with Crippen molar-refractivity contribution in [3.63, 3.8) is 0 Å². The Morgan fingerprint density at radius 3 is 3.10 bits per heavy atom. The van der Waals surface area contributed by atoms with E-state index in [0.29, 0.717) is 11.9 Å². The Bertz CT molecular complexity index is 619. The van der Waals surface area contributed by atoms with Crippen LogP contribution in [0.5, 0.6) is 0 Å². The van der Waals surface area contributed by atoms with Crippen LogP contribution in [-0.2, 0) is 0 Å². The third-order valence-corrected chi connectivity index (χ3v) is 4.10. The summed E-state index contributed by atoms with van der Waals surface area (Å²) in [5, 5.41) is 11.3. The van der Waals surface area contributed by atoms with E-state index < -0.39 is 0 Å². The largest absolute Gasteiger partial charge is 0.355 e. The number of rotatable bonds is 3. The van der Waals surface area contributed by atoms with Crippen molar-refractivity contribution < 1.29 is 0 Å². The fourth-order valence-corrected chi connectivity index (χ4v) is 2.99. The summed E-state index contributed by atoms with van der Waals surface area (Å²) in [6.07, 6.45) is 4.24. The molecule has 0 radical (unpaired) electrons. The Kier molecular flexibility index (Phi) is 4.34. The lowest BCUT2D eigenvalue weighted by Gasteiger charge is -2.31. The fraction of sp³-hybridized carbons (Fsp3) is 0.400. The summed E-state index contributed by atoms with van der Waals surface area (Å²) in [5.41, 5.74) is 0.940. The molecule has 1 fully saturated rings. The molecule has 2 aromatic rings. The number of piperidine rings is 1. The number of hydrogen-bond acceptors (Lipinski definition) is 5. The summed E-state index contributed by atoms with van der Waals surface area (Å²) >= 11 is 3.45. The van der Waals surface area contributed by atoms with E-state index in [4.69, 9.17) is 0 Å². The topological polar surface area (TPSA) is 53.9 Å². The van der Waals surface area contributed by atoms with Gasteiger partial charge in [0.15, 0.2) is 5.82 Å². The van der Waals surface area contributed by atoms with Gasteiger partial charge in [0.1, 0.15) is 0 Å². The maximum atomic E-state index is 4.58. The average molecular weight is 348 g/mol. The lowest BCUT2D eigenvalue weighted by Crippen LogP contribution is -2.35. The molecule has 3 rings (SSSR count). The second kappa shape index (κ2) is 6.39. The first-order valence-corrected chi connectivity index (χ1v) is 7.97. The Morgan fingerprint density at radius 1 is 1.38 bits per heavy atom. The quantitative estimate of drug-likeness (QED) is 0.918. The van der Waals surface area contributed by atoms with Crippen LogP contribution in [0.25, 0.3) is 0 Å². The molecule has 1 atom stereocenters. The number of hydrogen-bond donors (Lipinski definition) is 1. The van der Waals surface area contributed by atoms with Gasteiger partial charge in [0.25, 0.3) is 0 Å². The highest BCUT2D eigenvalue weighted by atomic mass is 79.9. The van der Waals surface area contributed by atoms with Crippen molar-refractivity contribution in [2.45, 2.75) is 19.8 Å². The molecule has 1 aliphatic heterocycles. The number of benzene rings is 1. The summed E-state index contributed by atoms with van der Waals surface area (Å²) < 4.78 is 1.02. The standard InChI is InChI=1S/C15H18BrN5/c1-11-4-3-7-21(10-11)14-9-17-20-15(19-14)18-13-6-2-5-12(16)8-13/h2,5-6,8-9,11H,3-4,7,10H2,1H3,(H,18,19,20). The van der Waals surface area contributed by atoms with Crippen molar-refractivity contribution in [1.82, 2.24) is 15.2 Å². The Morgan fingerprint density at radius 2 is 2.29 bits per heavy atom. The van der Waals surface area contributed by atoms with Crippen molar-refractivity contribution in [3.05, 3.63) is 34.9 Å². The minimum atomic E-state index is 0.531. The van der Waals surface area contributed by atoms with Gasteiger partial charge in [-0.1, -0.05) is 28.9 Å². The monoisotopic (exact) mass is 347 g/mol. The Labute approximate surface area is 132 Å². The maximum absolute atomic E-state index is 4.58. The first kappa shape index (κ1) is 14.3. The van der Waals surface area contributed by atoms with E-state index in [2.05, 4.69) is 48.3 Å². The van der Waals surface area contributed by atoms with Crippen molar-refractivity contribution >= 4 is 33.4 Å². The van der Waals surface area contributed by atoms with Gasteiger partial charge >= 0.3 is 0 Å². The van der Waals surface area contributed by atoms with Crippen LogP contribution in [0.2, 0.25) is 0 Å². The zero-order chi connectivity index (χ0) is 14.7. The van der Waals surface area contributed by atoms with Crippen LogP contribution < -0.4 is 10.2 Å². The van der Waals surface area contributed by atoms with Gasteiger partial charge in [0.05, 0.1) is 6.20 Å². The van der Waals surface area contributed by atoms with Crippen LogP contribution in [0, 0.1) is 5.92 Å². The number of anilines is 3. The number of nitrogens with zero attached hydrogens (tertiary/aromatic N) is 4. The molecular weight excluding hydrogens is 330 g/mol. The van der Waals surface area contributed by atoms with Gasteiger partial charge in [-0.15, -0.1) is 5.10 Å². The van der Waals surface area contributed by atoms with E-state index >= 15 is 0 Å². The molecule has 110 valence electrons. The Balaban J connectivity index is 1.76. The molecule has 1 aromatic carbocycles. The van der Waals surface area contributed by atoms with Crippen LogP contribution in [0.15, 0.2) is 34.9 Å². The van der Waals surface area contributed by atoms with E-state index in [9.17, 15) is 0 Å². The highest BCUT2D eigenvalue weighted by Gasteiger charge is 2.18. The van der Waals surface area contributed by atoms with E-state index in [1.54, 1.807) is 6.20 Å². The van der Waals surface area contributed by atoms with Gasteiger partial charge in [0, 0.05) is 23.2 Å². The molecule has 1 saturated heterocycles. The highest BCUT2D eigenvalue weighted by Crippen LogP contribution is 2.22. The van der Waals surface area contributed by atoms with Crippen LogP contribution in [-0.4, -0.2) is 28.3 Å². The Hall–Kier alpha value is -1.69. The van der Waals surface area contributed by atoms with Gasteiger partial charge < -0.3 is 10.2 Å². The normalized spacial score (nSPS) is 18.6. The SMILES string of the molecule is CC1CCCN(c2cnnc(Nc3cccc(Br)c3)n2)C1. The molecule has 0 bridgehead atoms. The van der Waals surface area contributed by atoms with Crippen LogP contribution in [0.1, 0.15) is 19.8 Å². The van der Waals surface area contributed by atoms with E-state index in [1.807, 2.05) is 24.3 Å². The molecule has 1 aromatic heterocycles. The molecule has 6 heteroatoms. The minimum absolute atomic E-state index is 0.531. The first-order valence-electron chi connectivity index (χ1n) is 7.18. The van der Waals surface area contributed by atoms with Crippen molar-refractivity contribution in [3.8, 4) is 0 Å². The smallest absolute Gasteiger partial charge is 0.249 e. The van der Waals surface area contributed by atoms with E-state index in [1.165, 1.54) is 12.8 Å². The van der Waals surface area contributed by atoms with Crippen molar-refractivity contribution in [2.75, 3.05) is 23.3 Å². The predicted molar refractivity (Wildman–Crippen MR) is 87.9 cm³/mol. The third kappa shape index (κ3) is 3.69. The molecule has 5 nitrogen and oxygen atoms in total. The summed E-state index contributed by atoms with van der Waals surface area (Å²) in [6.45, 7) is 4.36. The number of halogens is 1. The van der Waals surface area contributed by atoms with Crippen LogP contribution in [0.4, 0.5) is 17.5 Å². The van der Waals surface area contributed by atoms with Gasteiger partial charge in [-0.3, -0.25) is 0 Å².